The summed E-state index contributed by atoms with van der Waals surface area (Å²) in [6, 6.07) is 14.4. The third-order valence-electron chi connectivity index (χ3n) is 7.13. The van der Waals surface area contributed by atoms with Crippen molar-refractivity contribution in [3.8, 4) is 11.5 Å². The normalized spacial score (nSPS) is 15.9. The molecule has 0 unspecified atom stereocenters. The molecule has 0 bridgehead atoms. The van der Waals surface area contributed by atoms with Gasteiger partial charge in [0.15, 0.2) is 11.5 Å². The first-order valence-electron chi connectivity index (χ1n) is 13.2. The van der Waals surface area contributed by atoms with Gasteiger partial charge in [-0.15, -0.1) is 11.3 Å². The lowest BCUT2D eigenvalue weighted by Crippen LogP contribution is -2.36. The van der Waals surface area contributed by atoms with Crippen molar-refractivity contribution >= 4 is 51.1 Å². The van der Waals surface area contributed by atoms with Crippen LogP contribution in [-0.4, -0.2) is 25.3 Å². The Labute approximate surface area is 236 Å². The predicted molar refractivity (Wildman–Crippen MR) is 159 cm³/mol. The molecule has 5 nitrogen and oxygen atoms in total. The summed E-state index contributed by atoms with van der Waals surface area (Å²) in [5.41, 5.74) is 4.03. The lowest BCUT2D eigenvalue weighted by atomic mass is 9.93. The fourth-order valence-electron chi connectivity index (χ4n) is 5.20. The maximum atomic E-state index is 13.5. The summed E-state index contributed by atoms with van der Waals surface area (Å²) in [6.07, 6.45) is 12.0. The van der Waals surface area contributed by atoms with Gasteiger partial charge in [-0.3, -0.25) is 4.79 Å². The Morgan fingerprint density at radius 3 is 2.68 bits per heavy atom. The van der Waals surface area contributed by atoms with Crippen LogP contribution in [0.3, 0.4) is 0 Å². The van der Waals surface area contributed by atoms with E-state index in [1.807, 2.05) is 48.7 Å². The lowest BCUT2D eigenvalue weighted by Gasteiger charge is -2.23. The van der Waals surface area contributed by atoms with Crippen molar-refractivity contribution in [2.24, 2.45) is 4.99 Å². The zero-order valence-electron chi connectivity index (χ0n) is 21.2. The fraction of sp³-hybridized carbons (Fsp3) is 0.400. The zero-order chi connectivity index (χ0) is 25.6. The molecule has 2 aliphatic carbocycles. The smallest absolute Gasteiger partial charge is 0.254 e. The highest BCUT2D eigenvalue weighted by Crippen LogP contribution is 2.40. The van der Waals surface area contributed by atoms with E-state index in [0.29, 0.717) is 12.4 Å². The Bertz CT molecular complexity index is 1270. The van der Waals surface area contributed by atoms with Crippen molar-refractivity contribution in [2.45, 2.75) is 70.4 Å². The second-order valence-electron chi connectivity index (χ2n) is 9.77. The molecular weight excluding hydrogens is 595 g/mol. The molecular formula is C30H33IN2O3S. The molecule has 7 heteroatoms. The van der Waals surface area contributed by atoms with Crippen LogP contribution in [0.5, 0.6) is 11.5 Å². The van der Waals surface area contributed by atoms with Crippen molar-refractivity contribution in [3.05, 3.63) is 73.2 Å². The molecule has 0 spiro atoms. The number of nitrogens with one attached hydrogen (secondary N) is 1. The number of aliphatic imine (C=N–C) groups is 1. The summed E-state index contributed by atoms with van der Waals surface area (Å²) in [4.78, 5) is 19.6. The predicted octanol–water partition coefficient (Wildman–Crippen LogP) is 7.63. The Hall–Kier alpha value is -2.39. The molecule has 5 rings (SSSR count). The van der Waals surface area contributed by atoms with Crippen LogP contribution < -0.4 is 14.8 Å². The molecule has 1 saturated carbocycles. The van der Waals surface area contributed by atoms with E-state index in [2.05, 4.69) is 27.9 Å². The third kappa shape index (κ3) is 6.37. The Morgan fingerprint density at radius 2 is 1.89 bits per heavy atom. The average molecular weight is 629 g/mol. The first kappa shape index (κ1) is 26.2. The van der Waals surface area contributed by atoms with Crippen molar-refractivity contribution in [1.29, 1.82) is 0 Å². The van der Waals surface area contributed by atoms with Crippen LogP contribution >= 0.6 is 33.9 Å². The van der Waals surface area contributed by atoms with Gasteiger partial charge in [0.05, 0.1) is 16.2 Å². The highest BCUT2D eigenvalue weighted by molar-refractivity contribution is 14.1. The van der Waals surface area contributed by atoms with E-state index in [4.69, 9.17) is 14.5 Å². The lowest BCUT2D eigenvalue weighted by molar-refractivity contribution is 0.0927. The standard InChI is InChI=1S/C30H33IN2O3S/c1-35-25-17-21(16-24(31)28(25)36-19-20-10-4-2-5-11-20)18-32-30-27(23-14-8-9-15-26(23)37-30)29(34)33-22-12-6-3-7-13-22/h2,4-5,10-11,16-18,22H,3,6-9,12-15,19H2,1H3,(H,33,34)/b32-18-. The maximum Gasteiger partial charge on any atom is 0.254 e. The van der Waals surface area contributed by atoms with Crippen molar-refractivity contribution in [1.82, 2.24) is 5.32 Å². The fourth-order valence-corrected chi connectivity index (χ4v) is 7.21. The van der Waals surface area contributed by atoms with E-state index >= 15 is 0 Å². The van der Waals surface area contributed by atoms with E-state index in [9.17, 15) is 4.79 Å². The van der Waals surface area contributed by atoms with Crippen LogP contribution in [0.25, 0.3) is 0 Å². The quantitative estimate of drug-likeness (QED) is 0.206. The summed E-state index contributed by atoms with van der Waals surface area (Å²) in [5.74, 6) is 1.45. The first-order valence-corrected chi connectivity index (χ1v) is 15.1. The minimum atomic E-state index is 0.0512. The molecule has 0 atom stereocenters. The van der Waals surface area contributed by atoms with Crippen LogP contribution in [0.1, 0.15) is 76.9 Å². The number of rotatable bonds is 8. The largest absolute Gasteiger partial charge is 0.493 e. The molecule has 0 saturated heterocycles. The number of fused-ring (bicyclic) bond motifs is 1. The Morgan fingerprint density at radius 1 is 1.11 bits per heavy atom. The molecule has 0 radical (unpaired) electrons. The molecule has 2 aliphatic rings. The van der Waals surface area contributed by atoms with E-state index < -0.39 is 0 Å². The number of methoxy groups -OCH3 is 1. The Kier molecular flexibility index (Phi) is 8.81. The third-order valence-corrected chi connectivity index (χ3v) is 9.13. The number of ether oxygens (including phenoxy) is 2. The van der Waals surface area contributed by atoms with E-state index in [1.54, 1.807) is 18.4 Å². The second kappa shape index (κ2) is 12.4. The van der Waals surface area contributed by atoms with Crippen LogP contribution in [0.2, 0.25) is 0 Å². The summed E-state index contributed by atoms with van der Waals surface area (Å²) in [7, 11) is 1.66. The molecule has 0 aliphatic heterocycles. The number of carbonyl (C=O) groups excluding carboxylic acids is 1. The number of carbonyl (C=O) groups is 1. The number of halogens is 1. The molecule has 1 aromatic heterocycles. The minimum absolute atomic E-state index is 0.0512. The summed E-state index contributed by atoms with van der Waals surface area (Å²) >= 11 is 3.96. The maximum absolute atomic E-state index is 13.5. The zero-order valence-corrected chi connectivity index (χ0v) is 24.2. The topological polar surface area (TPSA) is 59.9 Å². The highest BCUT2D eigenvalue weighted by Gasteiger charge is 2.27. The van der Waals surface area contributed by atoms with Crippen LogP contribution in [-0.2, 0) is 19.4 Å². The summed E-state index contributed by atoms with van der Waals surface area (Å²) in [6.45, 7) is 0.473. The monoisotopic (exact) mass is 628 g/mol. The molecule has 1 N–H and O–H groups in total. The molecule has 1 amide bonds. The SMILES string of the molecule is COc1cc(/C=N\c2sc3c(c2C(=O)NC2CCCCC2)CCCC3)cc(I)c1OCc1ccccc1. The number of benzene rings is 2. The average Bonchev–Trinajstić information content (AvgIpc) is 3.30. The molecule has 2 aromatic carbocycles. The van der Waals surface area contributed by atoms with Gasteiger partial charge in [0.1, 0.15) is 11.6 Å². The number of amides is 1. The van der Waals surface area contributed by atoms with Crippen molar-refractivity contribution < 1.29 is 14.3 Å². The van der Waals surface area contributed by atoms with Gasteiger partial charge in [-0.05, 0) is 89.9 Å². The van der Waals surface area contributed by atoms with Gasteiger partial charge >= 0.3 is 0 Å². The summed E-state index contributed by atoms with van der Waals surface area (Å²) < 4.78 is 12.7. The molecule has 37 heavy (non-hydrogen) atoms. The summed E-state index contributed by atoms with van der Waals surface area (Å²) in [5, 5.41) is 4.15. The Balaban J connectivity index is 1.38. The number of hydrogen-bond acceptors (Lipinski definition) is 5. The van der Waals surface area contributed by atoms with E-state index in [1.165, 1.54) is 36.1 Å². The number of nitrogens with zero attached hydrogens (tertiary/aromatic N) is 1. The van der Waals surface area contributed by atoms with Gasteiger partial charge in [0, 0.05) is 17.1 Å². The van der Waals surface area contributed by atoms with Gasteiger partial charge in [0.2, 0.25) is 0 Å². The molecule has 194 valence electrons. The van der Waals surface area contributed by atoms with Crippen LogP contribution in [0.4, 0.5) is 5.00 Å². The number of hydrogen-bond donors (Lipinski definition) is 1. The first-order chi connectivity index (χ1) is 18.1. The van der Waals surface area contributed by atoms with Gasteiger partial charge in [-0.1, -0.05) is 49.6 Å². The highest BCUT2D eigenvalue weighted by atomic mass is 127. The molecule has 1 fully saturated rings. The van der Waals surface area contributed by atoms with E-state index in [0.717, 1.165) is 63.1 Å². The van der Waals surface area contributed by atoms with Gasteiger partial charge in [0.25, 0.3) is 5.91 Å². The van der Waals surface area contributed by atoms with Gasteiger partial charge in [-0.2, -0.15) is 0 Å². The van der Waals surface area contributed by atoms with Gasteiger partial charge < -0.3 is 14.8 Å². The van der Waals surface area contributed by atoms with Crippen LogP contribution in [0, 0.1) is 3.57 Å². The van der Waals surface area contributed by atoms with Crippen molar-refractivity contribution in [3.63, 3.8) is 0 Å². The second-order valence-corrected chi connectivity index (χ2v) is 12.0. The van der Waals surface area contributed by atoms with Crippen molar-refractivity contribution in [2.75, 3.05) is 7.11 Å². The molecule has 1 heterocycles. The van der Waals surface area contributed by atoms with Gasteiger partial charge in [-0.25, -0.2) is 4.99 Å². The van der Waals surface area contributed by atoms with E-state index in [-0.39, 0.29) is 11.9 Å². The van der Waals surface area contributed by atoms with Crippen LogP contribution in [0.15, 0.2) is 47.5 Å². The molecule has 3 aromatic rings. The number of aryl methyl sites for hydroxylation is 1. The number of thiophene rings is 1. The minimum Gasteiger partial charge on any atom is -0.493 e.